The summed E-state index contributed by atoms with van der Waals surface area (Å²) in [7, 11) is 0. The summed E-state index contributed by atoms with van der Waals surface area (Å²) < 4.78 is 15.4. The first-order valence-corrected chi connectivity index (χ1v) is 8.77. The molecule has 2 aromatic rings. The Bertz CT molecular complexity index is 878. The summed E-state index contributed by atoms with van der Waals surface area (Å²) in [5.41, 5.74) is 0.838. The second kappa shape index (κ2) is 8.22. The van der Waals surface area contributed by atoms with E-state index in [0.717, 1.165) is 0 Å². The van der Waals surface area contributed by atoms with Gasteiger partial charge in [-0.1, -0.05) is 41.9 Å². The van der Waals surface area contributed by atoms with Crippen molar-refractivity contribution in [1.29, 1.82) is 0 Å². The average molecular weight is 389 g/mol. The van der Waals surface area contributed by atoms with Crippen molar-refractivity contribution in [3.8, 4) is 11.5 Å². The number of ether oxygens (including phenoxy) is 3. The highest BCUT2D eigenvalue weighted by Gasteiger charge is 2.34. The molecule has 0 saturated heterocycles. The minimum absolute atomic E-state index is 0.0433. The van der Waals surface area contributed by atoms with Crippen LogP contribution in [0.5, 0.6) is 11.5 Å². The van der Waals surface area contributed by atoms with Crippen molar-refractivity contribution in [2.24, 2.45) is 5.92 Å². The van der Waals surface area contributed by atoms with E-state index in [1.165, 1.54) is 0 Å². The maximum Gasteiger partial charge on any atom is 0.375 e. The zero-order valence-corrected chi connectivity index (χ0v) is 15.3. The number of ketones is 2. The molecule has 0 spiro atoms. The third-order valence-electron chi connectivity index (χ3n) is 4.13. The van der Waals surface area contributed by atoms with Gasteiger partial charge in [-0.25, -0.2) is 4.79 Å². The number of carbonyl (C=O) groups is 3. The molecule has 0 aromatic heterocycles. The highest BCUT2D eigenvalue weighted by atomic mass is 35.5. The molecule has 0 bridgehead atoms. The van der Waals surface area contributed by atoms with Crippen LogP contribution in [0, 0.1) is 5.92 Å². The van der Waals surface area contributed by atoms with Gasteiger partial charge >= 0.3 is 5.97 Å². The molecule has 0 fully saturated rings. The molecule has 3 rings (SSSR count). The van der Waals surface area contributed by atoms with E-state index in [2.05, 4.69) is 0 Å². The van der Waals surface area contributed by atoms with Gasteiger partial charge in [-0.15, -0.1) is 0 Å². The first kappa shape index (κ1) is 18.9. The minimum Gasteiger partial charge on any atom is -0.460 e. The number of rotatable bonds is 7. The molecule has 0 aliphatic carbocycles. The molecule has 6 nitrogen and oxygen atoms in total. The number of esters is 1. The number of halogens is 1. The Morgan fingerprint density at radius 3 is 2.44 bits per heavy atom. The van der Waals surface area contributed by atoms with Crippen LogP contribution in [0.3, 0.4) is 0 Å². The van der Waals surface area contributed by atoms with Gasteiger partial charge in [0, 0.05) is 16.7 Å². The quantitative estimate of drug-likeness (QED) is 0.313. The van der Waals surface area contributed by atoms with E-state index >= 15 is 0 Å². The minimum atomic E-state index is -1.25. The largest absolute Gasteiger partial charge is 0.460 e. The molecule has 1 aliphatic rings. The van der Waals surface area contributed by atoms with Crippen molar-refractivity contribution in [3.05, 3.63) is 58.6 Å². The lowest BCUT2D eigenvalue weighted by Crippen LogP contribution is -2.33. The van der Waals surface area contributed by atoms with Crippen molar-refractivity contribution in [1.82, 2.24) is 0 Å². The van der Waals surface area contributed by atoms with E-state index in [1.807, 2.05) is 0 Å². The van der Waals surface area contributed by atoms with E-state index in [0.29, 0.717) is 27.6 Å². The fraction of sp³-hybridized carbons (Fsp3) is 0.250. The molecule has 1 unspecified atom stereocenters. The van der Waals surface area contributed by atoms with Gasteiger partial charge in [-0.2, -0.15) is 0 Å². The Kier molecular flexibility index (Phi) is 5.76. The molecule has 27 heavy (non-hydrogen) atoms. The Morgan fingerprint density at radius 1 is 1.11 bits per heavy atom. The third-order valence-corrected chi connectivity index (χ3v) is 4.49. The number of hydrogen-bond donors (Lipinski definition) is 0. The molecule has 140 valence electrons. The zero-order chi connectivity index (χ0) is 19.4. The van der Waals surface area contributed by atoms with Gasteiger partial charge in [0.15, 0.2) is 17.3 Å². The maximum atomic E-state index is 12.9. The van der Waals surface area contributed by atoms with Crippen LogP contribution in [0.25, 0.3) is 0 Å². The molecular weight excluding hydrogens is 372 g/mol. The normalized spacial score (nSPS) is 13.1. The summed E-state index contributed by atoms with van der Waals surface area (Å²) in [5, 5.41) is 0.321. The van der Waals surface area contributed by atoms with Gasteiger partial charge in [-0.05, 0) is 25.0 Å². The summed E-state index contributed by atoms with van der Waals surface area (Å²) in [6.07, 6.45) is -0.0547. The fourth-order valence-electron chi connectivity index (χ4n) is 2.79. The van der Waals surface area contributed by atoms with Crippen LogP contribution in [0.4, 0.5) is 0 Å². The number of fused-ring (bicyclic) bond motifs is 1. The molecule has 0 saturated carbocycles. The van der Waals surface area contributed by atoms with Crippen LogP contribution in [0.1, 0.15) is 22.8 Å². The lowest BCUT2D eigenvalue weighted by Gasteiger charge is -2.15. The summed E-state index contributed by atoms with van der Waals surface area (Å²) in [6, 6.07) is 11.5. The topological polar surface area (TPSA) is 78.9 Å². The Labute approximate surface area is 161 Å². The van der Waals surface area contributed by atoms with E-state index in [4.69, 9.17) is 25.8 Å². The first-order chi connectivity index (χ1) is 13.0. The third kappa shape index (κ3) is 4.11. The second-order valence-corrected chi connectivity index (χ2v) is 6.28. The first-order valence-electron chi connectivity index (χ1n) is 8.39. The van der Waals surface area contributed by atoms with Crippen LogP contribution >= 0.6 is 11.6 Å². The van der Waals surface area contributed by atoms with Crippen molar-refractivity contribution < 1.29 is 28.6 Å². The van der Waals surface area contributed by atoms with Gasteiger partial charge in [0.2, 0.25) is 6.79 Å². The van der Waals surface area contributed by atoms with Crippen molar-refractivity contribution in [2.45, 2.75) is 13.3 Å². The number of Topliss-reactive ketones (excluding diaryl/α,β-unsaturated/α-hetero) is 2. The molecular formula is C20H17ClO6. The summed E-state index contributed by atoms with van der Waals surface area (Å²) >= 11 is 6.27. The van der Waals surface area contributed by atoms with E-state index in [-0.39, 0.29) is 19.8 Å². The van der Waals surface area contributed by atoms with Gasteiger partial charge in [0.05, 0.1) is 12.5 Å². The zero-order valence-electron chi connectivity index (χ0n) is 14.6. The highest BCUT2D eigenvalue weighted by Crippen LogP contribution is 2.37. The number of carbonyl (C=O) groups excluding carboxylic acids is 3. The summed E-state index contributed by atoms with van der Waals surface area (Å²) in [6.45, 7) is 1.71. The predicted molar refractivity (Wildman–Crippen MR) is 97.2 cm³/mol. The SMILES string of the molecule is CCOC(=O)C(=O)C(Cc1cc2c(cc1Cl)OCO2)C(=O)c1ccccc1. The van der Waals surface area contributed by atoms with Gasteiger partial charge in [0.25, 0.3) is 5.78 Å². The number of hydrogen-bond acceptors (Lipinski definition) is 6. The van der Waals surface area contributed by atoms with Crippen LogP contribution < -0.4 is 9.47 Å². The smallest absolute Gasteiger partial charge is 0.375 e. The van der Waals surface area contributed by atoms with Crippen molar-refractivity contribution in [3.63, 3.8) is 0 Å². The Morgan fingerprint density at radius 2 is 1.78 bits per heavy atom. The van der Waals surface area contributed by atoms with Gasteiger partial charge in [-0.3, -0.25) is 9.59 Å². The van der Waals surface area contributed by atoms with Crippen LogP contribution in [0.15, 0.2) is 42.5 Å². The van der Waals surface area contributed by atoms with Gasteiger partial charge in [0.1, 0.15) is 0 Å². The Balaban J connectivity index is 1.94. The predicted octanol–water partition coefficient (Wildman–Crippen LogP) is 3.24. The molecule has 2 aromatic carbocycles. The Hall–Kier alpha value is -2.86. The molecule has 7 heteroatoms. The van der Waals surface area contributed by atoms with E-state index < -0.39 is 23.5 Å². The molecule has 1 atom stereocenters. The molecule has 1 aliphatic heterocycles. The van der Waals surface area contributed by atoms with E-state index in [1.54, 1.807) is 49.4 Å². The van der Waals surface area contributed by atoms with Crippen LogP contribution in [-0.2, 0) is 20.7 Å². The molecule has 0 radical (unpaired) electrons. The average Bonchev–Trinajstić information content (AvgIpc) is 3.13. The highest BCUT2D eigenvalue weighted by molar-refractivity contribution is 6.39. The maximum absolute atomic E-state index is 12.9. The lowest BCUT2D eigenvalue weighted by molar-refractivity contribution is -0.154. The second-order valence-electron chi connectivity index (χ2n) is 5.87. The molecule has 1 heterocycles. The van der Waals surface area contributed by atoms with Crippen molar-refractivity contribution in [2.75, 3.05) is 13.4 Å². The van der Waals surface area contributed by atoms with Crippen LogP contribution in [-0.4, -0.2) is 30.9 Å². The number of benzene rings is 2. The van der Waals surface area contributed by atoms with Crippen molar-refractivity contribution >= 4 is 29.1 Å². The van der Waals surface area contributed by atoms with Gasteiger partial charge < -0.3 is 14.2 Å². The summed E-state index contributed by atoms with van der Waals surface area (Å²) in [4.78, 5) is 37.5. The standard InChI is InChI=1S/C20H17ClO6/c1-2-25-20(24)19(23)14(18(22)12-6-4-3-5-7-12)8-13-9-16-17(10-15(13)21)27-11-26-16/h3-7,9-10,14H,2,8,11H2,1H3. The monoisotopic (exact) mass is 388 g/mol. The van der Waals surface area contributed by atoms with E-state index in [9.17, 15) is 14.4 Å². The summed E-state index contributed by atoms with van der Waals surface area (Å²) in [5.74, 6) is -2.69. The fourth-order valence-corrected chi connectivity index (χ4v) is 3.02. The molecule has 0 N–H and O–H groups in total. The van der Waals surface area contributed by atoms with Crippen LogP contribution in [0.2, 0.25) is 5.02 Å². The molecule has 0 amide bonds. The lowest BCUT2D eigenvalue weighted by atomic mass is 9.87.